The molecule has 0 aromatic rings. The summed E-state index contributed by atoms with van der Waals surface area (Å²) < 4.78 is 33.5. The van der Waals surface area contributed by atoms with E-state index in [1.807, 2.05) is 0 Å². The molecule has 60 heavy (non-hydrogen) atoms. The molecule has 0 amide bonds. The van der Waals surface area contributed by atoms with E-state index >= 15 is 0 Å². The number of carbonyl (C=O) groups excluding carboxylic acids is 2. The van der Waals surface area contributed by atoms with Crippen molar-refractivity contribution in [3.05, 3.63) is 24.3 Å². The van der Waals surface area contributed by atoms with Gasteiger partial charge < -0.3 is 39.9 Å². The highest BCUT2D eigenvalue weighted by atomic mass is 31.2. The van der Waals surface area contributed by atoms with E-state index in [2.05, 4.69) is 38.2 Å². The highest BCUT2D eigenvalue weighted by molar-refractivity contribution is 7.47. The van der Waals surface area contributed by atoms with Crippen LogP contribution in [0.3, 0.4) is 0 Å². The Morgan fingerprint density at radius 1 is 0.500 bits per heavy atom. The van der Waals surface area contributed by atoms with Crippen LogP contribution in [0.1, 0.15) is 200 Å². The van der Waals surface area contributed by atoms with Crippen LogP contribution in [-0.4, -0.2) is 98.3 Å². The first-order chi connectivity index (χ1) is 28.9. The first kappa shape index (κ1) is 56.3. The van der Waals surface area contributed by atoms with Crippen LogP contribution in [-0.2, 0) is 32.7 Å². The molecular formula is C46H85O13P. The summed E-state index contributed by atoms with van der Waals surface area (Å²) >= 11 is 0. The average molecular weight is 877 g/mol. The summed E-state index contributed by atoms with van der Waals surface area (Å²) in [4.78, 5) is 35.7. The van der Waals surface area contributed by atoms with Crippen LogP contribution in [0.2, 0.25) is 0 Å². The average Bonchev–Trinajstić information content (AvgIpc) is 3.23. The Balaban J connectivity index is 2.45. The Hall–Kier alpha value is -1.67. The van der Waals surface area contributed by atoms with Crippen molar-refractivity contribution in [3.8, 4) is 0 Å². The lowest BCUT2D eigenvalue weighted by Crippen LogP contribution is -2.64. The van der Waals surface area contributed by atoms with Gasteiger partial charge in [-0.3, -0.25) is 18.6 Å². The lowest BCUT2D eigenvalue weighted by atomic mass is 9.85. The van der Waals surface area contributed by atoms with Crippen LogP contribution in [0.4, 0.5) is 0 Å². The number of rotatable bonds is 39. The van der Waals surface area contributed by atoms with Crippen molar-refractivity contribution < 1.29 is 63.1 Å². The van der Waals surface area contributed by atoms with Crippen molar-refractivity contribution in [3.63, 3.8) is 0 Å². The van der Waals surface area contributed by atoms with Crippen LogP contribution >= 0.6 is 7.82 Å². The zero-order valence-electron chi connectivity index (χ0n) is 37.3. The predicted molar refractivity (Wildman–Crippen MR) is 235 cm³/mol. The number of phosphoric ester groups is 1. The van der Waals surface area contributed by atoms with E-state index in [0.29, 0.717) is 12.8 Å². The second kappa shape index (κ2) is 36.8. The van der Waals surface area contributed by atoms with Crippen LogP contribution in [0.25, 0.3) is 0 Å². The Kier molecular flexibility index (Phi) is 34.5. The number of esters is 2. The second-order valence-corrected chi connectivity index (χ2v) is 18.0. The maximum Gasteiger partial charge on any atom is 0.472 e. The van der Waals surface area contributed by atoms with Crippen molar-refractivity contribution in [2.75, 3.05) is 13.2 Å². The van der Waals surface area contributed by atoms with Gasteiger partial charge in [-0.2, -0.15) is 0 Å². The number of carbonyl (C=O) groups is 2. The van der Waals surface area contributed by atoms with Crippen LogP contribution in [0.15, 0.2) is 24.3 Å². The molecule has 0 aliphatic heterocycles. The summed E-state index contributed by atoms with van der Waals surface area (Å²) in [6, 6.07) is 0. The number of aliphatic hydroxyl groups excluding tert-OH is 5. The molecule has 6 N–H and O–H groups in total. The van der Waals surface area contributed by atoms with Gasteiger partial charge in [0.15, 0.2) is 6.10 Å². The van der Waals surface area contributed by atoms with Gasteiger partial charge >= 0.3 is 19.8 Å². The van der Waals surface area contributed by atoms with E-state index in [1.165, 1.54) is 89.9 Å². The van der Waals surface area contributed by atoms with E-state index in [9.17, 15) is 44.6 Å². The Bertz CT molecular complexity index is 1150. The molecule has 0 bridgehead atoms. The summed E-state index contributed by atoms with van der Waals surface area (Å²) in [5, 5.41) is 50.1. The van der Waals surface area contributed by atoms with Crippen molar-refractivity contribution in [1.29, 1.82) is 0 Å². The van der Waals surface area contributed by atoms with Gasteiger partial charge in [0, 0.05) is 12.8 Å². The minimum atomic E-state index is -5.12. The molecule has 0 heterocycles. The van der Waals surface area contributed by atoms with E-state index in [1.54, 1.807) is 0 Å². The molecule has 14 heteroatoms. The molecule has 8 atom stereocenters. The molecule has 0 aromatic heterocycles. The Morgan fingerprint density at radius 3 is 1.28 bits per heavy atom. The Labute approximate surface area is 362 Å². The van der Waals surface area contributed by atoms with Gasteiger partial charge in [0.1, 0.15) is 43.2 Å². The zero-order chi connectivity index (χ0) is 44.3. The Morgan fingerprint density at radius 2 is 0.850 bits per heavy atom. The number of hydrogen-bond donors (Lipinski definition) is 6. The SMILES string of the molecule is CCCCCC/C=C/CCCCCCCCCCCC(=O)O[C@H](COC(=O)CCCCCCC/C=C/CCCCCCC)COP(=O)(O)OC1C(O)C(O)C(O)[C@@H](O)C1O. The zero-order valence-corrected chi connectivity index (χ0v) is 38.2. The summed E-state index contributed by atoms with van der Waals surface area (Å²) in [6.07, 6.45) is 26.5. The fourth-order valence-corrected chi connectivity index (χ4v) is 8.13. The molecule has 1 aliphatic rings. The summed E-state index contributed by atoms with van der Waals surface area (Å²) in [7, 11) is -5.12. The fraction of sp³-hybridized carbons (Fsp3) is 0.870. The lowest BCUT2D eigenvalue weighted by molar-refractivity contribution is -0.220. The molecule has 1 rings (SSSR count). The molecule has 352 valence electrons. The third-order valence-corrected chi connectivity index (χ3v) is 12.0. The molecule has 1 aliphatic carbocycles. The minimum Gasteiger partial charge on any atom is -0.462 e. The molecule has 13 nitrogen and oxygen atoms in total. The topological polar surface area (TPSA) is 210 Å². The summed E-state index contributed by atoms with van der Waals surface area (Å²) in [5.74, 6) is -1.11. The molecule has 6 unspecified atom stereocenters. The number of aliphatic hydroxyl groups is 5. The quantitative estimate of drug-likeness (QED) is 0.0147. The van der Waals surface area contributed by atoms with Gasteiger partial charge in [-0.15, -0.1) is 0 Å². The first-order valence-electron chi connectivity index (χ1n) is 23.6. The monoisotopic (exact) mass is 877 g/mol. The van der Waals surface area contributed by atoms with Crippen LogP contribution in [0, 0.1) is 0 Å². The number of unbranched alkanes of at least 4 members (excludes halogenated alkanes) is 23. The van der Waals surface area contributed by atoms with Gasteiger partial charge in [0.05, 0.1) is 6.61 Å². The van der Waals surface area contributed by atoms with Gasteiger partial charge in [-0.05, 0) is 64.2 Å². The van der Waals surface area contributed by atoms with E-state index < -0.39 is 75.7 Å². The van der Waals surface area contributed by atoms with Crippen molar-refractivity contribution in [2.45, 2.75) is 243 Å². The third-order valence-electron chi connectivity index (χ3n) is 11.0. The minimum absolute atomic E-state index is 0.0945. The number of allylic oxidation sites excluding steroid dienone is 4. The molecule has 0 spiro atoms. The molecular weight excluding hydrogens is 791 g/mol. The van der Waals surface area contributed by atoms with Gasteiger partial charge in [0.25, 0.3) is 0 Å². The largest absolute Gasteiger partial charge is 0.472 e. The highest BCUT2D eigenvalue weighted by Crippen LogP contribution is 2.47. The number of hydrogen-bond acceptors (Lipinski definition) is 12. The van der Waals surface area contributed by atoms with Gasteiger partial charge in [-0.1, -0.05) is 147 Å². The normalized spacial score (nSPS) is 22.3. The van der Waals surface area contributed by atoms with Gasteiger partial charge in [0.2, 0.25) is 0 Å². The third kappa shape index (κ3) is 28.8. The molecule has 1 saturated carbocycles. The summed E-state index contributed by atoms with van der Waals surface area (Å²) in [5.41, 5.74) is 0. The number of phosphoric acid groups is 1. The predicted octanol–water partition coefficient (Wildman–Crippen LogP) is 9.23. The fourth-order valence-electron chi connectivity index (χ4n) is 7.16. The van der Waals surface area contributed by atoms with Gasteiger partial charge in [-0.25, -0.2) is 4.57 Å². The van der Waals surface area contributed by atoms with Crippen molar-refractivity contribution in [2.24, 2.45) is 0 Å². The van der Waals surface area contributed by atoms with Crippen LogP contribution < -0.4 is 0 Å². The smallest absolute Gasteiger partial charge is 0.462 e. The lowest BCUT2D eigenvalue weighted by Gasteiger charge is -2.41. The van der Waals surface area contributed by atoms with E-state index in [4.69, 9.17) is 18.5 Å². The van der Waals surface area contributed by atoms with Crippen LogP contribution in [0.5, 0.6) is 0 Å². The molecule has 1 fully saturated rings. The maximum atomic E-state index is 12.8. The van der Waals surface area contributed by atoms with E-state index in [-0.39, 0.29) is 12.8 Å². The first-order valence-corrected chi connectivity index (χ1v) is 25.1. The van der Waals surface area contributed by atoms with Crippen molar-refractivity contribution in [1.82, 2.24) is 0 Å². The highest BCUT2D eigenvalue weighted by Gasteiger charge is 2.51. The van der Waals surface area contributed by atoms with Crippen molar-refractivity contribution >= 4 is 19.8 Å². The molecule has 0 aromatic carbocycles. The molecule has 0 saturated heterocycles. The maximum absolute atomic E-state index is 12.8. The second-order valence-electron chi connectivity index (χ2n) is 16.6. The van der Waals surface area contributed by atoms with E-state index in [0.717, 1.165) is 70.6 Å². The molecule has 0 radical (unpaired) electrons. The standard InChI is InChI=1S/C46H85O13P/c1-3-5-7-9-11-13-15-17-19-20-21-23-25-27-29-31-33-35-40(48)58-38(37-57-60(54,55)59-46-44(52)42(50)41(49)43(51)45(46)53)36-56-39(47)34-32-30-28-26-24-22-18-16-14-12-10-8-6-4-2/h13,15-16,18,38,41-46,49-53H,3-12,14,17,19-37H2,1-2H3,(H,54,55)/b15-13+,18-16+/t38-,41?,42-,43?,44?,45?,46?/m1/s1. The number of ether oxygens (including phenoxy) is 2. The summed E-state index contributed by atoms with van der Waals surface area (Å²) in [6.45, 7) is 3.28.